The number of carboxylic acid groups (broad SMARTS) is 1. The molecular formula is C17H21NO2. The van der Waals surface area contributed by atoms with E-state index in [9.17, 15) is 9.90 Å². The minimum atomic E-state index is -0.851. The van der Waals surface area contributed by atoms with Crippen LogP contribution >= 0.6 is 0 Å². The molecule has 0 spiro atoms. The van der Waals surface area contributed by atoms with Crippen LogP contribution in [0.3, 0.4) is 0 Å². The van der Waals surface area contributed by atoms with Crippen LogP contribution in [-0.4, -0.2) is 15.6 Å². The predicted octanol–water partition coefficient (Wildman–Crippen LogP) is 3.94. The fourth-order valence-corrected chi connectivity index (χ4v) is 2.49. The summed E-state index contributed by atoms with van der Waals surface area (Å²) >= 11 is 0. The summed E-state index contributed by atoms with van der Waals surface area (Å²) in [5.74, 6) is -0.851. The molecule has 2 aromatic rings. The summed E-state index contributed by atoms with van der Waals surface area (Å²) in [6.07, 6.45) is 2.72. The normalized spacial score (nSPS) is 12.3. The number of hydrogen-bond donors (Lipinski definition) is 1. The Morgan fingerprint density at radius 1 is 1.15 bits per heavy atom. The van der Waals surface area contributed by atoms with Crippen molar-refractivity contribution in [1.82, 2.24) is 4.57 Å². The van der Waals surface area contributed by atoms with E-state index in [1.807, 2.05) is 28.8 Å². The summed E-state index contributed by atoms with van der Waals surface area (Å²) in [6.45, 7) is 4.15. The summed E-state index contributed by atoms with van der Waals surface area (Å²) in [7, 11) is 0. The molecule has 1 atom stereocenters. The zero-order valence-corrected chi connectivity index (χ0v) is 12.0. The van der Waals surface area contributed by atoms with Gasteiger partial charge in [0.05, 0.1) is 0 Å². The van der Waals surface area contributed by atoms with Gasteiger partial charge in [0, 0.05) is 11.7 Å². The van der Waals surface area contributed by atoms with Gasteiger partial charge in [-0.25, -0.2) is 4.79 Å². The Hall–Kier alpha value is -2.03. The zero-order chi connectivity index (χ0) is 14.5. The highest BCUT2D eigenvalue weighted by Crippen LogP contribution is 2.21. The largest absolute Gasteiger partial charge is 0.477 e. The van der Waals surface area contributed by atoms with Gasteiger partial charge in [-0.05, 0) is 43.9 Å². The van der Waals surface area contributed by atoms with E-state index in [1.54, 1.807) is 6.07 Å². The smallest absolute Gasteiger partial charge is 0.352 e. The molecule has 0 aliphatic carbocycles. The predicted molar refractivity (Wildman–Crippen MR) is 80.2 cm³/mol. The van der Waals surface area contributed by atoms with Crippen LogP contribution < -0.4 is 0 Å². The van der Waals surface area contributed by atoms with Crippen molar-refractivity contribution < 1.29 is 9.90 Å². The lowest BCUT2D eigenvalue weighted by molar-refractivity contribution is 0.0682. The number of benzene rings is 1. The van der Waals surface area contributed by atoms with Gasteiger partial charge < -0.3 is 9.67 Å². The summed E-state index contributed by atoms with van der Waals surface area (Å²) in [5.41, 5.74) is 2.77. The number of nitrogens with zero attached hydrogens (tertiary/aromatic N) is 1. The Balaban J connectivity index is 2.21. The SMILES string of the molecule is CCC(C)n1c(CCc2ccccc2)ccc1C(=O)O. The molecule has 1 unspecified atom stereocenters. The van der Waals surface area contributed by atoms with Crippen LogP contribution in [0, 0.1) is 0 Å². The average Bonchev–Trinajstić information content (AvgIpc) is 2.89. The van der Waals surface area contributed by atoms with Crippen molar-refractivity contribution in [2.45, 2.75) is 39.2 Å². The number of aryl methyl sites for hydroxylation is 2. The van der Waals surface area contributed by atoms with Crippen LogP contribution in [0.4, 0.5) is 0 Å². The molecule has 0 saturated heterocycles. The second kappa shape index (κ2) is 6.42. The van der Waals surface area contributed by atoms with Crippen LogP contribution in [0.1, 0.15) is 48.1 Å². The van der Waals surface area contributed by atoms with Gasteiger partial charge in [-0.3, -0.25) is 0 Å². The van der Waals surface area contributed by atoms with Gasteiger partial charge in [0.25, 0.3) is 0 Å². The first-order valence-electron chi connectivity index (χ1n) is 7.10. The third kappa shape index (κ3) is 3.10. The van der Waals surface area contributed by atoms with E-state index >= 15 is 0 Å². The first-order chi connectivity index (χ1) is 9.63. The lowest BCUT2D eigenvalue weighted by Gasteiger charge is -2.18. The van der Waals surface area contributed by atoms with Crippen molar-refractivity contribution in [3.63, 3.8) is 0 Å². The molecular weight excluding hydrogens is 250 g/mol. The molecule has 1 N–H and O–H groups in total. The fourth-order valence-electron chi connectivity index (χ4n) is 2.49. The molecule has 1 aromatic heterocycles. The van der Waals surface area contributed by atoms with Gasteiger partial charge in [-0.15, -0.1) is 0 Å². The fraction of sp³-hybridized carbons (Fsp3) is 0.353. The average molecular weight is 271 g/mol. The molecule has 3 nitrogen and oxygen atoms in total. The van der Waals surface area contributed by atoms with E-state index in [2.05, 4.69) is 26.0 Å². The molecule has 0 aliphatic rings. The van der Waals surface area contributed by atoms with Crippen LogP contribution in [0.2, 0.25) is 0 Å². The maximum absolute atomic E-state index is 11.3. The minimum absolute atomic E-state index is 0.210. The van der Waals surface area contributed by atoms with Crippen LogP contribution in [-0.2, 0) is 12.8 Å². The number of carboxylic acids is 1. The Kier molecular flexibility index (Phi) is 4.61. The molecule has 1 heterocycles. The summed E-state index contributed by atoms with van der Waals surface area (Å²) in [4.78, 5) is 11.3. The molecule has 106 valence electrons. The number of hydrogen-bond acceptors (Lipinski definition) is 1. The molecule has 0 aliphatic heterocycles. The molecule has 0 bridgehead atoms. The Labute approximate surface area is 119 Å². The molecule has 0 saturated carbocycles. The van der Waals surface area contributed by atoms with Crippen molar-refractivity contribution in [1.29, 1.82) is 0 Å². The van der Waals surface area contributed by atoms with Crippen LogP contribution in [0.25, 0.3) is 0 Å². The number of rotatable bonds is 6. The van der Waals surface area contributed by atoms with Crippen molar-refractivity contribution in [3.05, 3.63) is 59.4 Å². The molecule has 0 amide bonds. The lowest BCUT2D eigenvalue weighted by atomic mass is 10.1. The van der Waals surface area contributed by atoms with E-state index < -0.39 is 5.97 Å². The highest BCUT2D eigenvalue weighted by Gasteiger charge is 2.17. The van der Waals surface area contributed by atoms with E-state index in [1.165, 1.54) is 5.56 Å². The van der Waals surface area contributed by atoms with E-state index in [-0.39, 0.29) is 6.04 Å². The third-order valence-electron chi connectivity index (χ3n) is 3.77. The van der Waals surface area contributed by atoms with E-state index in [0.717, 1.165) is 25.0 Å². The zero-order valence-electron chi connectivity index (χ0n) is 12.0. The number of aromatic carboxylic acids is 1. The van der Waals surface area contributed by atoms with Gasteiger partial charge in [0.1, 0.15) is 5.69 Å². The van der Waals surface area contributed by atoms with Crippen molar-refractivity contribution in [2.24, 2.45) is 0 Å². The monoisotopic (exact) mass is 271 g/mol. The van der Waals surface area contributed by atoms with Crippen LogP contribution in [0.15, 0.2) is 42.5 Å². The standard InChI is InChI=1S/C17H21NO2/c1-3-13(2)18-15(11-12-16(18)17(19)20)10-9-14-7-5-4-6-8-14/h4-8,11-13H,3,9-10H2,1-2H3,(H,19,20). The van der Waals surface area contributed by atoms with Crippen molar-refractivity contribution in [2.75, 3.05) is 0 Å². The maximum Gasteiger partial charge on any atom is 0.352 e. The Morgan fingerprint density at radius 3 is 2.45 bits per heavy atom. The topological polar surface area (TPSA) is 42.2 Å². The number of aromatic nitrogens is 1. The van der Waals surface area contributed by atoms with Crippen molar-refractivity contribution >= 4 is 5.97 Å². The minimum Gasteiger partial charge on any atom is -0.477 e. The van der Waals surface area contributed by atoms with Gasteiger partial charge in [0.15, 0.2) is 0 Å². The quantitative estimate of drug-likeness (QED) is 0.864. The summed E-state index contributed by atoms with van der Waals surface area (Å²) < 4.78 is 1.96. The first kappa shape index (κ1) is 14.4. The maximum atomic E-state index is 11.3. The van der Waals surface area contributed by atoms with Gasteiger partial charge in [-0.2, -0.15) is 0 Å². The Bertz CT molecular complexity index is 572. The van der Waals surface area contributed by atoms with Crippen molar-refractivity contribution in [3.8, 4) is 0 Å². The lowest BCUT2D eigenvalue weighted by Crippen LogP contribution is -2.15. The molecule has 2 rings (SSSR count). The molecule has 3 heteroatoms. The molecule has 0 fully saturated rings. The second-order valence-electron chi connectivity index (χ2n) is 5.13. The third-order valence-corrected chi connectivity index (χ3v) is 3.77. The summed E-state index contributed by atoms with van der Waals surface area (Å²) in [5, 5.41) is 9.29. The van der Waals surface area contributed by atoms with E-state index in [0.29, 0.717) is 5.69 Å². The molecule has 20 heavy (non-hydrogen) atoms. The molecule has 1 aromatic carbocycles. The van der Waals surface area contributed by atoms with Gasteiger partial charge in [0.2, 0.25) is 0 Å². The van der Waals surface area contributed by atoms with Crippen LogP contribution in [0.5, 0.6) is 0 Å². The van der Waals surface area contributed by atoms with E-state index in [4.69, 9.17) is 0 Å². The second-order valence-corrected chi connectivity index (χ2v) is 5.13. The Morgan fingerprint density at radius 2 is 1.85 bits per heavy atom. The molecule has 0 radical (unpaired) electrons. The number of carbonyl (C=O) groups is 1. The highest BCUT2D eigenvalue weighted by atomic mass is 16.4. The highest BCUT2D eigenvalue weighted by molar-refractivity contribution is 5.86. The first-order valence-corrected chi connectivity index (χ1v) is 7.10. The summed E-state index contributed by atoms with van der Waals surface area (Å²) in [6, 6.07) is 14.2. The van der Waals surface area contributed by atoms with Gasteiger partial charge >= 0.3 is 5.97 Å². The van der Waals surface area contributed by atoms with Gasteiger partial charge in [-0.1, -0.05) is 37.3 Å².